The first-order valence-electron chi connectivity index (χ1n) is 9.39. The molecule has 1 unspecified atom stereocenters. The zero-order valence-corrected chi connectivity index (χ0v) is 17.8. The molecule has 1 aliphatic rings. The molecule has 1 aromatic carbocycles. The number of amides is 1. The topological polar surface area (TPSA) is 130 Å². The van der Waals surface area contributed by atoms with Crippen molar-refractivity contribution in [1.82, 2.24) is 9.97 Å². The lowest BCUT2D eigenvalue weighted by molar-refractivity contribution is -0.132. The summed E-state index contributed by atoms with van der Waals surface area (Å²) in [6.45, 7) is 1.59. The van der Waals surface area contributed by atoms with Gasteiger partial charge in [-0.2, -0.15) is 0 Å². The van der Waals surface area contributed by atoms with Crippen LogP contribution in [0, 0.1) is 6.92 Å². The predicted molar refractivity (Wildman–Crippen MR) is 115 cm³/mol. The summed E-state index contributed by atoms with van der Waals surface area (Å²) in [6, 6.07) is 7.91. The van der Waals surface area contributed by atoms with E-state index in [2.05, 4.69) is 9.97 Å². The number of phenolic OH excluding ortho intramolecular Hbond substituents is 1. The van der Waals surface area contributed by atoms with Crippen LogP contribution < -0.4 is 4.90 Å². The highest BCUT2D eigenvalue weighted by Crippen LogP contribution is 2.44. The van der Waals surface area contributed by atoms with Crippen molar-refractivity contribution < 1.29 is 29.3 Å². The number of pyridine rings is 1. The van der Waals surface area contributed by atoms with Gasteiger partial charge in [0, 0.05) is 18.0 Å². The van der Waals surface area contributed by atoms with Crippen LogP contribution in [0.15, 0.2) is 54.4 Å². The first kappa shape index (κ1) is 21.2. The Bertz CT molecular complexity index is 1250. The molecule has 2 aromatic heterocycles. The molecule has 162 valence electrons. The van der Waals surface area contributed by atoms with Gasteiger partial charge in [-0.1, -0.05) is 23.5 Å². The molecule has 9 nitrogen and oxygen atoms in total. The Balaban J connectivity index is 1.93. The fourth-order valence-corrected chi connectivity index (χ4v) is 4.45. The second-order valence-electron chi connectivity index (χ2n) is 6.90. The third-order valence-corrected chi connectivity index (χ3v) is 6.11. The smallest absolute Gasteiger partial charge is 0.350 e. The number of aromatic hydroxyl groups is 1. The third kappa shape index (κ3) is 3.50. The number of methoxy groups -OCH3 is 1. The monoisotopic (exact) mass is 451 g/mol. The van der Waals surface area contributed by atoms with E-state index < -0.39 is 23.7 Å². The Morgan fingerprint density at radius 2 is 1.78 bits per heavy atom. The number of esters is 1. The highest BCUT2D eigenvalue weighted by Gasteiger charge is 2.48. The Morgan fingerprint density at radius 1 is 1.12 bits per heavy atom. The van der Waals surface area contributed by atoms with Crippen LogP contribution in [0.5, 0.6) is 5.75 Å². The molecule has 1 saturated heterocycles. The molecule has 0 radical (unpaired) electrons. The number of hydrogen-bond donors (Lipinski definition) is 2. The van der Waals surface area contributed by atoms with E-state index in [4.69, 9.17) is 4.74 Å². The number of rotatable bonds is 4. The number of phenols is 1. The van der Waals surface area contributed by atoms with E-state index in [9.17, 15) is 24.6 Å². The number of anilines is 1. The maximum Gasteiger partial charge on any atom is 0.350 e. The van der Waals surface area contributed by atoms with Crippen LogP contribution in [0.3, 0.4) is 0 Å². The van der Waals surface area contributed by atoms with E-state index in [1.165, 1.54) is 43.8 Å². The van der Waals surface area contributed by atoms with Crippen LogP contribution in [-0.4, -0.2) is 45.0 Å². The van der Waals surface area contributed by atoms with Crippen LogP contribution in [0.25, 0.3) is 5.76 Å². The van der Waals surface area contributed by atoms with Crippen molar-refractivity contribution in [3.05, 3.63) is 76.1 Å². The van der Waals surface area contributed by atoms with Gasteiger partial charge in [0.1, 0.15) is 16.4 Å². The number of Topliss-reactive ketones (excluding diaryl/α,β-unsaturated/α-hetero) is 1. The number of nitrogens with zero attached hydrogens (tertiary/aromatic N) is 3. The molecule has 1 atom stereocenters. The normalized spacial score (nSPS) is 17.6. The molecule has 2 N–H and O–H groups in total. The van der Waals surface area contributed by atoms with Gasteiger partial charge in [0.05, 0.1) is 24.4 Å². The maximum atomic E-state index is 13.1. The van der Waals surface area contributed by atoms with E-state index >= 15 is 0 Å². The number of aromatic nitrogens is 2. The summed E-state index contributed by atoms with van der Waals surface area (Å²) in [7, 11) is 1.23. The number of aliphatic hydroxyl groups is 1. The van der Waals surface area contributed by atoms with Crippen LogP contribution in [0.1, 0.15) is 32.5 Å². The molecule has 1 aliphatic heterocycles. The number of ether oxygens (including phenoxy) is 1. The quantitative estimate of drug-likeness (QED) is 0.268. The van der Waals surface area contributed by atoms with Gasteiger partial charge in [-0.25, -0.2) is 9.78 Å². The number of thiazole rings is 1. The lowest BCUT2D eigenvalue weighted by Gasteiger charge is -2.23. The van der Waals surface area contributed by atoms with E-state index in [0.717, 1.165) is 16.2 Å². The third-order valence-electron chi connectivity index (χ3n) is 4.97. The molecular weight excluding hydrogens is 434 g/mol. The highest BCUT2D eigenvalue weighted by molar-refractivity contribution is 7.17. The van der Waals surface area contributed by atoms with Crippen LogP contribution in [-0.2, 0) is 14.3 Å². The van der Waals surface area contributed by atoms with Gasteiger partial charge in [0.15, 0.2) is 5.13 Å². The van der Waals surface area contributed by atoms with Crippen molar-refractivity contribution in [1.29, 1.82) is 0 Å². The lowest BCUT2D eigenvalue weighted by atomic mass is 9.95. The first-order chi connectivity index (χ1) is 15.3. The van der Waals surface area contributed by atoms with Gasteiger partial charge in [-0.05, 0) is 36.8 Å². The molecule has 1 amide bonds. The van der Waals surface area contributed by atoms with E-state index in [1.54, 1.807) is 19.1 Å². The summed E-state index contributed by atoms with van der Waals surface area (Å²) in [6.07, 6.45) is 2.90. The molecule has 3 aromatic rings. The fourth-order valence-electron chi connectivity index (χ4n) is 3.43. The van der Waals surface area contributed by atoms with Gasteiger partial charge in [0.25, 0.3) is 5.78 Å². The van der Waals surface area contributed by atoms with Gasteiger partial charge < -0.3 is 14.9 Å². The average molecular weight is 451 g/mol. The van der Waals surface area contributed by atoms with E-state index in [0.29, 0.717) is 16.8 Å². The summed E-state index contributed by atoms with van der Waals surface area (Å²) in [5, 5.41) is 20.8. The molecule has 0 spiro atoms. The predicted octanol–water partition coefficient (Wildman–Crippen LogP) is 2.97. The first-order valence-corrected chi connectivity index (χ1v) is 10.2. The maximum absolute atomic E-state index is 13.1. The zero-order valence-electron chi connectivity index (χ0n) is 17.0. The number of benzene rings is 1. The molecule has 3 heterocycles. The van der Waals surface area contributed by atoms with Crippen LogP contribution >= 0.6 is 11.3 Å². The molecular formula is C22H17N3O6S. The minimum absolute atomic E-state index is 0.00194. The summed E-state index contributed by atoms with van der Waals surface area (Å²) >= 11 is 0.910. The largest absolute Gasteiger partial charge is 0.508 e. The summed E-state index contributed by atoms with van der Waals surface area (Å²) in [4.78, 5) is 47.7. The molecule has 0 saturated carbocycles. The second-order valence-corrected chi connectivity index (χ2v) is 7.88. The Hall–Kier alpha value is -4.05. The standard InChI is InChI=1S/C22H17N3O6S/c1-11-19(21(30)31-2)32-22(24-11)25-16(12-3-5-14(26)6-4-12)15(18(28)20(25)29)17(27)13-7-9-23-10-8-13/h3-10,16,26-27H,1-2H3/b17-15+. The summed E-state index contributed by atoms with van der Waals surface area (Å²) in [5.74, 6) is -2.78. The van der Waals surface area contributed by atoms with Crippen LogP contribution in [0.2, 0.25) is 0 Å². The van der Waals surface area contributed by atoms with Crippen LogP contribution in [0.4, 0.5) is 5.13 Å². The summed E-state index contributed by atoms with van der Waals surface area (Å²) < 4.78 is 4.76. The molecule has 10 heteroatoms. The van der Waals surface area contributed by atoms with Crippen molar-refractivity contribution >= 4 is 39.9 Å². The van der Waals surface area contributed by atoms with Crippen molar-refractivity contribution in [3.63, 3.8) is 0 Å². The highest BCUT2D eigenvalue weighted by atomic mass is 32.1. The summed E-state index contributed by atoms with van der Waals surface area (Å²) in [5.41, 5.74) is 0.981. The lowest BCUT2D eigenvalue weighted by Crippen LogP contribution is -2.29. The van der Waals surface area contributed by atoms with Crippen molar-refractivity contribution in [2.45, 2.75) is 13.0 Å². The number of hydrogen-bond acceptors (Lipinski definition) is 9. The minimum Gasteiger partial charge on any atom is -0.508 e. The van der Waals surface area contributed by atoms with Crippen molar-refractivity contribution in [2.75, 3.05) is 12.0 Å². The molecule has 0 bridgehead atoms. The van der Waals surface area contributed by atoms with E-state index in [1.807, 2.05) is 0 Å². The average Bonchev–Trinajstić information content (AvgIpc) is 3.31. The van der Waals surface area contributed by atoms with Crippen molar-refractivity contribution in [2.24, 2.45) is 0 Å². The molecule has 0 aliphatic carbocycles. The fraction of sp³-hybridized carbons (Fsp3) is 0.136. The Labute approximate surface area is 186 Å². The Kier molecular flexibility index (Phi) is 5.45. The number of ketones is 1. The molecule has 32 heavy (non-hydrogen) atoms. The number of carbonyl (C=O) groups is 3. The van der Waals surface area contributed by atoms with Crippen molar-refractivity contribution in [3.8, 4) is 5.75 Å². The Morgan fingerprint density at radius 3 is 2.41 bits per heavy atom. The minimum atomic E-state index is -1.03. The van der Waals surface area contributed by atoms with Gasteiger partial charge in [-0.15, -0.1) is 0 Å². The molecule has 1 fully saturated rings. The molecule has 4 rings (SSSR count). The number of aryl methyl sites for hydroxylation is 1. The second kappa shape index (κ2) is 8.23. The number of carbonyl (C=O) groups excluding carboxylic acids is 3. The van der Waals surface area contributed by atoms with Gasteiger partial charge in [-0.3, -0.25) is 19.5 Å². The van der Waals surface area contributed by atoms with Gasteiger partial charge >= 0.3 is 11.9 Å². The SMILES string of the molecule is COC(=O)c1sc(N2C(=O)C(=O)/C(=C(/O)c3ccncc3)C2c2ccc(O)cc2)nc1C. The van der Waals surface area contributed by atoms with Gasteiger partial charge in [0.2, 0.25) is 0 Å². The number of aliphatic hydroxyl groups excluding tert-OH is 1. The van der Waals surface area contributed by atoms with E-state index in [-0.39, 0.29) is 27.1 Å². The zero-order chi connectivity index (χ0) is 23.0.